The van der Waals surface area contributed by atoms with Crippen molar-refractivity contribution in [1.29, 1.82) is 0 Å². The van der Waals surface area contributed by atoms with Crippen LogP contribution in [0.4, 0.5) is 0 Å². The topological polar surface area (TPSA) is 57.3 Å². The van der Waals surface area contributed by atoms with Crippen molar-refractivity contribution in [2.24, 2.45) is 11.3 Å². The fourth-order valence-electron chi connectivity index (χ4n) is 4.76. The van der Waals surface area contributed by atoms with E-state index >= 15 is 0 Å². The number of amides is 1. The van der Waals surface area contributed by atoms with Crippen LogP contribution in [-0.2, 0) is 0 Å². The van der Waals surface area contributed by atoms with E-state index in [-0.39, 0.29) is 17.4 Å². The molecule has 1 saturated heterocycles. The molecule has 0 radical (unpaired) electrons. The predicted molar refractivity (Wildman–Crippen MR) is 129 cm³/mol. The van der Waals surface area contributed by atoms with Crippen LogP contribution < -0.4 is 10.6 Å². The lowest BCUT2D eigenvalue weighted by Crippen LogP contribution is -2.46. The van der Waals surface area contributed by atoms with Crippen LogP contribution in [0.2, 0.25) is 0 Å². The van der Waals surface area contributed by atoms with Crippen LogP contribution in [0.15, 0.2) is 18.0 Å². The van der Waals surface area contributed by atoms with E-state index in [2.05, 4.69) is 42.9 Å². The van der Waals surface area contributed by atoms with Crippen LogP contribution in [0.5, 0.6) is 0 Å². The molecule has 5 nitrogen and oxygen atoms in total. The first-order valence-corrected chi connectivity index (χ1v) is 12.5. The zero-order valence-corrected chi connectivity index (χ0v) is 20.2. The maximum Gasteiger partial charge on any atom is 0.270 e. The van der Waals surface area contributed by atoms with E-state index in [1.165, 1.54) is 19.3 Å². The van der Waals surface area contributed by atoms with E-state index in [1.54, 1.807) is 11.3 Å². The molecule has 0 aromatic carbocycles. The molecule has 2 atom stereocenters. The Bertz CT molecular complexity index is 747. The number of hydrogen-bond acceptors (Lipinski definition) is 4. The van der Waals surface area contributed by atoms with E-state index in [0.29, 0.717) is 24.1 Å². The Balaban J connectivity index is 1.55. The lowest BCUT2D eigenvalue weighted by molar-refractivity contribution is 0.0825. The summed E-state index contributed by atoms with van der Waals surface area (Å²) in [5.41, 5.74) is 0.791. The van der Waals surface area contributed by atoms with Crippen molar-refractivity contribution in [1.82, 2.24) is 20.5 Å². The molecular weight excluding hydrogens is 412 g/mol. The van der Waals surface area contributed by atoms with Gasteiger partial charge in [-0.25, -0.2) is 4.98 Å². The molecule has 0 bridgehead atoms. The molecule has 1 aromatic rings. The maximum atomic E-state index is 12.9. The Morgan fingerprint density at radius 1 is 1.30 bits per heavy atom. The van der Waals surface area contributed by atoms with Gasteiger partial charge in [-0.2, -0.15) is 0 Å². The van der Waals surface area contributed by atoms with Crippen molar-refractivity contribution >= 4 is 34.6 Å². The summed E-state index contributed by atoms with van der Waals surface area (Å²) in [6, 6.07) is 0.253. The Morgan fingerprint density at radius 2 is 2.00 bits per heavy atom. The number of piperidine rings is 1. The number of thiazole rings is 1. The lowest BCUT2D eigenvalue weighted by atomic mass is 9.69. The van der Waals surface area contributed by atoms with Gasteiger partial charge in [0.05, 0.1) is 5.01 Å². The average molecular weight is 449 g/mol. The highest BCUT2D eigenvalue weighted by molar-refractivity contribution is 7.80. The third kappa shape index (κ3) is 5.82. The summed E-state index contributed by atoms with van der Waals surface area (Å²) in [5.74, 6) is 0.925. The van der Waals surface area contributed by atoms with Crippen molar-refractivity contribution in [2.75, 3.05) is 19.6 Å². The van der Waals surface area contributed by atoms with Gasteiger partial charge >= 0.3 is 0 Å². The van der Waals surface area contributed by atoms with Crippen LogP contribution in [0.3, 0.4) is 0 Å². The average Bonchev–Trinajstić information content (AvgIpc) is 3.22. The number of nitrogens with one attached hydrogen (secondary N) is 2. The first-order chi connectivity index (χ1) is 14.3. The first-order valence-electron chi connectivity index (χ1n) is 11.2. The molecule has 7 heteroatoms. The third-order valence-corrected chi connectivity index (χ3v) is 7.89. The van der Waals surface area contributed by atoms with Gasteiger partial charge in [0.2, 0.25) is 0 Å². The number of carbonyl (C=O) groups is 1. The molecule has 2 N–H and O–H groups in total. The van der Waals surface area contributed by atoms with Gasteiger partial charge in [-0.1, -0.05) is 39.7 Å². The number of hydrogen-bond donors (Lipinski definition) is 2. The standard InChI is InChI=1S/C23H36N4OS2/c1-5-12-24-22(29)27-13-10-16(11-14-27)21-26-19(15-30-21)20(28)25-18-9-7-6-8-17(18)23(2,3)4/h5,15-18H,1,6-14H2,2-4H3,(H,24,29)(H,25,28). The Morgan fingerprint density at radius 3 is 2.67 bits per heavy atom. The summed E-state index contributed by atoms with van der Waals surface area (Å²) in [5, 5.41) is 10.3. The molecule has 2 heterocycles. The lowest BCUT2D eigenvalue weighted by Gasteiger charge is -2.40. The molecule has 3 rings (SSSR count). The molecule has 166 valence electrons. The minimum atomic E-state index is -0.00844. The number of nitrogens with zero attached hydrogens (tertiary/aromatic N) is 2. The first kappa shape index (κ1) is 23.2. The fourth-order valence-corrected chi connectivity index (χ4v) is 6.00. The zero-order valence-electron chi connectivity index (χ0n) is 18.6. The maximum absolute atomic E-state index is 12.9. The molecule has 2 aliphatic rings. The summed E-state index contributed by atoms with van der Waals surface area (Å²) in [6.45, 7) is 13.1. The van der Waals surface area contributed by atoms with E-state index < -0.39 is 0 Å². The molecular formula is C23H36N4OS2. The number of aromatic nitrogens is 1. The fraction of sp³-hybridized carbons (Fsp3) is 0.696. The molecule has 2 fully saturated rings. The number of likely N-dealkylation sites (tertiary alicyclic amines) is 1. The molecule has 1 aromatic heterocycles. The number of thiocarbonyl (C=S) groups is 1. The van der Waals surface area contributed by atoms with Crippen molar-refractivity contribution in [3.8, 4) is 0 Å². The van der Waals surface area contributed by atoms with Gasteiger partial charge in [0, 0.05) is 37.0 Å². The second-order valence-corrected chi connectivity index (χ2v) is 10.9. The second-order valence-electron chi connectivity index (χ2n) is 9.64. The van der Waals surface area contributed by atoms with E-state index in [9.17, 15) is 4.79 Å². The highest BCUT2D eigenvalue weighted by Gasteiger charge is 2.35. The van der Waals surface area contributed by atoms with Gasteiger partial charge in [0.25, 0.3) is 5.91 Å². The van der Waals surface area contributed by atoms with Crippen LogP contribution >= 0.6 is 23.6 Å². The Labute approximate surface area is 190 Å². The van der Waals surface area contributed by atoms with Gasteiger partial charge in [-0.15, -0.1) is 17.9 Å². The highest BCUT2D eigenvalue weighted by atomic mass is 32.1. The van der Waals surface area contributed by atoms with E-state index in [0.717, 1.165) is 42.5 Å². The molecule has 1 aliphatic carbocycles. The summed E-state index contributed by atoms with van der Waals surface area (Å²) in [4.78, 5) is 19.9. The van der Waals surface area contributed by atoms with E-state index in [1.807, 2.05) is 11.5 Å². The van der Waals surface area contributed by atoms with Gasteiger partial charge < -0.3 is 15.5 Å². The van der Waals surface area contributed by atoms with Gasteiger partial charge in [-0.05, 0) is 49.2 Å². The van der Waals surface area contributed by atoms with Gasteiger partial charge in [0.1, 0.15) is 5.69 Å². The van der Waals surface area contributed by atoms with Crippen molar-refractivity contribution in [3.63, 3.8) is 0 Å². The van der Waals surface area contributed by atoms with Crippen molar-refractivity contribution in [2.45, 2.75) is 71.3 Å². The van der Waals surface area contributed by atoms with Crippen LogP contribution in [0.1, 0.15) is 80.7 Å². The predicted octanol–water partition coefficient (Wildman–Crippen LogP) is 4.72. The summed E-state index contributed by atoms with van der Waals surface area (Å²) in [6.07, 6.45) is 8.57. The number of rotatable bonds is 5. The largest absolute Gasteiger partial charge is 0.359 e. The molecule has 2 unspecified atom stereocenters. The molecule has 30 heavy (non-hydrogen) atoms. The zero-order chi connectivity index (χ0) is 21.7. The normalized spacial score (nSPS) is 23.1. The smallest absolute Gasteiger partial charge is 0.270 e. The van der Waals surface area contributed by atoms with Crippen LogP contribution in [0.25, 0.3) is 0 Å². The van der Waals surface area contributed by atoms with Gasteiger partial charge in [-0.3, -0.25) is 4.79 Å². The highest BCUT2D eigenvalue weighted by Crippen LogP contribution is 2.38. The van der Waals surface area contributed by atoms with Crippen molar-refractivity contribution in [3.05, 3.63) is 28.7 Å². The minimum absolute atomic E-state index is 0.00844. The van der Waals surface area contributed by atoms with Crippen molar-refractivity contribution < 1.29 is 4.79 Å². The third-order valence-electron chi connectivity index (χ3n) is 6.48. The molecule has 1 amide bonds. The summed E-state index contributed by atoms with van der Waals surface area (Å²) < 4.78 is 0. The number of carbonyl (C=O) groups excluding carboxylic acids is 1. The summed E-state index contributed by atoms with van der Waals surface area (Å²) in [7, 11) is 0. The van der Waals surface area contributed by atoms with E-state index in [4.69, 9.17) is 17.2 Å². The Kier molecular flexibility index (Phi) is 7.91. The summed E-state index contributed by atoms with van der Waals surface area (Å²) >= 11 is 7.07. The van der Waals surface area contributed by atoms with Crippen LogP contribution in [-0.4, -0.2) is 46.6 Å². The minimum Gasteiger partial charge on any atom is -0.359 e. The van der Waals surface area contributed by atoms with Crippen LogP contribution in [0, 0.1) is 11.3 Å². The molecule has 1 saturated carbocycles. The second kappa shape index (κ2) is 10.2. The Hall–Kier alpha value is -1.47. The molecule has 0 spiro atoms. The monoisotopic (exact) mass is 448 g/mol. The quantitative estimate of drug-likeness (QED) is 0.504. The van der Waals surface area contributed by atoms with Gasteiger partial charge in [0.15, 0.2) is 5.11 Å². The SMILES string of the molecule is C=CCNC(=S)N1CCC(c2nc(C(=O)NC3CCCCC3C(C)(C)C)cs2)CC1. The molecule has 1 aliphatic heterocycles.